The molecular weight excluding hydrogens is 194 g/mol. The van der Waals surface area contributed by atoms with Crippen LogP contribution in [0.5, 0.6) is 0 Å². The molecule has 0 aromatic rings. The summed E-state index contributed by atoms with van der Waals surface area (Å²) in [5, 5.41) is 3.86. The number of fused-ring (bicyclic) bond motifs is 2. The molecule has 0 radical (unpaired) electrons. The maximum absolute atomic E-state index is 3.86. The van der Waals surface area contributed by atoms with Crippen LogP contribution >= 0.6 is 0 Å². The Balaban J connectivity index is 1.55. The van der Waals surface area contributed by atoms with Gasteiger partial charge in [0.05, 0.1) is 0 Å². The predicted octanol–water partition coefficient (Wildman–Crippen LogP) is 3.29. The molecular formula is C15H23N. The lowest BCUT2D eigenvalue weighted by atomic mass is 9.86. The molecule has 5 atom stereocenters. The fraction of sp³-hybridized carbons (Fsp3) is 0.733. The summed E-state index contributed by atoms with van der Waals surface area (Å²) in [7, 11) is 0. The van der Waals surface area contributed by atoms with Crippen LogP contribution in [0.25, 0.3) is 0 Å². The highest BCUT2D eigenvalue weighted by molar-refractivity contribution is 5.12. The third-order valence-corrected chi connectivity index (χ3v) is 4.74. The molecule has 1 nitrogen and oxygen atoms in total. The van der Waals surface area contributed by atoms with Gasteiger partial charge in [0.25, 0.3) is 0 Å². The number of nitrogens with one attached hydrogen (secondary N) is 1. The van der Waals surface area contributed by atoms with Crippen LogP contribution in [-0.2, 0) is 0 Å². The van der Waals surface area contributed by atoms with E-state index in [-0.39, 0.29) is 0 Å². The molecule has 0 spiro atoms. The van der Waals surface area contributed by atoms with Gasteiger partial charge in [-0.3, -0.25) is 0 Å². The first-order valence-corrected chi connectivity index (χ1v) is 6.92. The third-order valence-electron chi connectivity index (χ3n) is 4.74. The Labute approximate surface area is 99.0 Å². The average Bonchev–Trinajstić information content (AvgIpc) is 2.92. The van der Waals surface area contributed by atoms with Crippen molar-refractivity contribution in [3.8, 4) is 0 Å². The molecule has 0 saturated heterocycles. The number of hydrogen-bond acceptors (Lipinski definition) is 1. The van der Waals surface area contributed by atoms with E-state index in [1.165, 1.54) is 32.1 Å². The highest BCUT2D eigenvalue weighted by Crippen LogP contribution is 2.44. The lowest BCUT2D eigenvalue weighted by Crippen LogP contribution is -2.42. The van der Waals surface area contributed by atoms with E-state index in [0.29, 0.717) is 6.04 Å². The van der Waals surface area contributed by atoms with E-state index < -0.39 is 0 Å². The van der Waals surface area contributed by atoms with Gasteiger partial charge < -0.3 is 5.32 Å². The van der Waals surface area contributed by atoms with Crippen molar-refractivity contribution in [3.05, 3.63) is 24.3 Å². The minimum atomic E-state index is 0.705. The molecule has 5 unspecified atom stereocenters. The Morgan fingerprint density at radius 2 is 2.12 bits per heavy atom. The fourth-order valence-electron chi connectivity index (χ4n) is 3.84. The highest BCUT2D eigenvalue weighted by Gasteiger charge is 2.38. The lowest BCUT2D eigenvalue weighted by molar-refractivity contribution is 0.292. The second-order valence-electron chi connectivity index (χ2n) is 5.88. The standard InChI is InChI=1S/C15H23N/c1-11(16-14-5-3-2-4-6-14)15-10-12-7-8-13(15)9-12/h2-3,7-8,11-16H,4-6,9-10H2,1H3. The minimum absolute atomic E-state index is 0.705. The molecule has 16 heavy (non-hydrogen) atoms. The first-order valence-electron chi connectivity index (χ1n) is 6.92. The first-order chi connectivity index (χ1) is 7.83. The molecule has 1 saturated carbocycles. The van der Waals surface area contributed by atoms with Crippen LogP contribution in [-0.4, -0.2) is 12.1 Å². The van der Waals surface area contributed by atoms with Crippen LogP contribution in [0.15, 0.2) is 24.3 Å². The number of hydrogen-bond donors (Lipinski definition) is 1. The molecule has 0 heterocycles. The Morgan fingerprint density at radius 3 is 2.75 bits per heavy atom. The second kappa shape index (κ2) is 4.37. The van der Waals surface area contributed by atoms with Crippen LogP contribution < -0.4 is 5.32 Å². The maximum atomic E-state index is 3.86. The molecule has 1 heteroatoms. The molecule has 0 aromatic heterocycles. The van der Waals surface area contributed by atoms with Gasteiger partial charge in [-0.25, -0.2) is 0 Å². The van der Waals surface area contributed by atoms with E-state index in [4.69, 9.17) is 0 Å². The van der Waals surface area contributed by atoms with Crippen molar-refractivity contribution in [1.82, 2.24) is 5.32 Å². The summed E-state index contributed by atoms with van der Waals surface area (Å²) in [6.45, 7) is 2.40. The van der Waals surface area contributed by atoms with Crippen molar-refractivity contribution in [2.24, 2.45) is 17.8 Å². The Kier molecular flexibility index (Phi) is 2.89. The Bertz CT molecular complexity index is 305. The Hall–Kier alpha value is -0.560. The van der Waals surface area contributed by atoms with Gasteiger partial charge in [-0.05, 0) is 56.8 Å². The SMILES string of the molecule is CC(NC1CC=CCC1)C1CC2C=CC1C2. The molecule has 3 rings (SSSR count). The van der Waals surface area contributed by atoms with Crippen molar-refractivity contribution >= 4 is 0 Å². The van der Waals surface area contributed by atoms with Gasteiger partial charge in [-0.1, -0.05) is 24.3 Å². The van der Waals surface area contributed by atoms with E-state index in [1.54, 1.807) is 0 Å². The Morgan fingerprint density at radius 1 is 1.19 bits per heavy atom. The average molecular weight is 217 g/mol. The molecule has 0 amide bonds. The van der Waals surface area contributed by atoms with Crippen LogP contribution in [0.2, 0.25) is 0 Å². The van der Waals surface area contributed by atoms with Crippen molar-refractivity contribution in [2.45, 2.75) is 51.1 Å². The zero-order valence-corrected chi connectivity index (χ0v) is 10.2. The molecule has 0 aromatic carbocycles. The van der Waals surface area contributed by atoms with Crippen LogP contribution in [0.3, 0.4) is 0 Å². The number of allylic oxidation sites excluding steroid dienone is 3. The van der Waals surface area contributed by atoms with Crippen molar-refractivity contribution < 1.29 is 0 Å². The van der Waals surface area contributed by atoms with E-state index in [9.17, 15) is 0 Å². The quantitative estimate of drug-likeness (QED) is 0.715. The molecule has 1 N–H and O–H groups in total. The summed E-state index contributed by atoms with van der Waals surface area (Å²) in [5.74, 6) is 2.69. The van der Waals surface area contributed by atoms with E-state index in [2.05, 4.69) is 36.5 Å². The summed E-state index contributed by atoms with van der Waals surface area (Å²) in [6.07, 6.45) is 16.3. The monoisotopic (exact) mass is 217 g/mol. The fourth-order valence-corrected chi connectivity index (χ4v) is 3.84. The molecule has 0 aliphatic heterocycles. The van der Waals surface area contributed by atoms with E-state index in [1.807, 2.05) is 0 Å². The molecule has 3 aliphatic rings. The molecule has 2 bridgehead atoms. The smallest absolute Gasteiger partial charge is 0.0107 e. The van der Waals surface area contributed by atoms with Gasteiger partial charge in [0.15, 0.2) is 0 Å². The zero-order valence-electron chi connectivity index (χ0n) is 10.2. The van der Waals surface area contributed by atoms with Crippen molar-refractivity contribution in [2.75, 3.05) is 0 Å². The van der Waals surface area contributed by atoms with Crippen molar-refractivity contribution in [1.29, 1.82) is 0 Å². The molecule has 1 fully saturated rings. The summed E-state index contributed by atoms with van der Waals surface area (Å²) in [5.41, 5.74) is 0. The zero-order chi connectivity index (χ0) is 11.0. The highest BCUT2D eigenvalue weighted by atomic mass is 15.0. The van der Waals surface area contributed by atoms with Gasteiger partial charge in [0, 0.05) is 12.1 Å². The van der Waals surface area contributed by atoms with Gasteiger partial charge in [-0.15, -0.1) is 0 Å². The molecule has 88 valence electrons. The number of rotatable bonds is 3. The summed E-state index contributed by atoms with van der Waals surface area (Å²) in [4.78, 5) is 0. The van der Waals surface area contributed by atoms with Gasteiger partial charge in [-0.2, -0.15) is 0 Å². The summed E-state index contributed by atoms with van der Waals surface area (Å²) in [6, 6.07) is 1.44. The van der Waals surface area contributed by atoms with E-state index in [0.717, 1.165) is 23.8 Å². The largest absolute Gasteiger partial charge is 0.311 e. The minimum Gasteiger partial charge on any atom is -0.311 e. The maximum Gasteiger partial charge on any atom is 0.0107 e. The third kappa shape index (κ3) is 1.98. The van der Waals surface area contributed by atoms with E-state index >= 15 is 0 Å². The summed E-state index contributed by atoms with van der Waals surface area (Å²) < 4.78 is 0. The normalized spacial score (nSPS) is 42.8. The topological polar surface area (TPSA) is 12.0 Å². The first kappa shape index (κ1) is 10.6. The predicted molar refractivity (Wildman–Crippen MR) is 68.2 cm³/mol. The van der Waals surface area contributed by atoms with Crippen LogP contribution in [0, 0.1) is 17.8 Å². The van der Waals surface area contributed by atoms with Crippen LogP contribution in [0.4, 0.5) is 0 Å². The molecule has 3 aliphatic carbocycles. The lowest BCUT2D eigenvalue weighted by Gasteiger charge is -2.31. The van der Waals surface area contributed by atoms with Gasteiger partial charge in [0.1, 0.15) is 0 Å². The van der Waals surface area contributed by atoms with Crippen LogP contribution in [0.1, 0.15) is 39.0 Å². The van der Waals surface area contributed by atoms with Gasteiger partial charge in [0.2, 0.25) is 0 Å². The van der Waals surface area contributed by atoms with Gasteiger partial charge >= 0.3 is 0 Å². The van der Waals surface area contributed by atoms with Crippen molar-refractivity contribution in [3.63, 3.8) is 0 Å². The summed E-state index contributed by atoms with van der Waals surface area (Å²) >= 11 is 0. The second-order valence-corrected chi connectivity index (χ2v) is 5.88.